The van der Waals surface area contributed by atoms with Gasteiger partial charge in [-0.2, -0.15) is 0 Å². The van der Waals surface area contributed by atoms with Crippen LogP contribution in [0.5, 0.6) is 0 Å². The first-order valence-electron chi connectivity index (χ1n) is 6.01. The van der Waals surface area contributed by atoms with Gasteiger partial charge in [-0.25, -0.2) is 4.79 Å². The number of carboxylic acids is 1. The molecule has 1 heterocycles. The first-order chi connectivity index (χ1) is 8.99. The number of aliphatic carboxylic acids is 1. The van der Waals surface area contributed by atoms with Gasteiger partial charge in [0.1, 0.15) is 0 Å². The Balaban J connectivity index is 2.18. The fourth-order valence-corrected chi connectivity index (χ4v) is 1.95. The number of benzene rings is 1. The molecular weight excluding hydrogens is 248 g/mol. The van der Waals surface area contributed by atoms with Crippen LogP contribution in [0, 0.1) is 0 Å². The molecule has 1 aromatic heterocycles. The van der Waals surface area contributed by atoms with Crippen molar-refractivity contribution in [2.45, 2.75) is 12.8 Å². The topological polar surface area (TPSA) is 75.7 Å². The van der Waals surface area contributed by atoms with Crippen molar-refractivity contribution < 1.29 is 14.3 Å². The second-order valence-corrected chi connectivity index (χ2v) is 4.50. The molecule has 2 aromatic rings. The van der Waals surface area contributed by atoms with Crippen molar-refractivity contribution in [1.29, 1.82) is 0 Å². The van der Waals surface area contributed by atoms with E-state index in [-0.39, 0.29) is 12.2 Å². The van der Waals surface area contributed by atoms with Crippen LogP contribution in [0.3, 0.4) is 0 Å². The summed E-state index contributed by atoms with van der Waals surface area (Å²) in [5.74, 6) is -1.18. The first-order valence-corrected chi connectivity index (χ1v) is 6.01. The summed E-state index contributed by atoms with van der Waals surface area (Å²) in [6, 6.07) is 5.47. The van der Waals surface area contributed by atoms with E-state index in [0.29, 0.717) is 18.5 Å². The fraction of sp³-hybridized carbons (Fsp3) is 0.385. The lowest BCUT2D eigenvalue weighted by Gasteiger charge is -2.18. The number of aryl methyl sites for hydroxylation is 1. The average Bonchev–Trinajstić information content (AvgIpc) is 2.64. The molecule has 2 rings (SSSR count). The second-order valence-electron chi connectivity index (χ2n) is 4.50. The molecule has 6 heteroatoms. The Hall–Kier alpha value is -2.24. The molecule has 6 nitrogen and oxygen atoms in total. The Morgan fingerprint density at radius 1 is 1.47 bits per heavy atom. The van der Waals surface area contributed by atoms with Gasteiger partial charge in [0.05, 0.1) is 5.52 Å². The maximum Gasteiger partial charge on any atom is 0.419 e. The molecule has 0 radical (unpaired) electrons. The highest BCUT2D eigenvalue weighted by atomic mass is 16.4. The van der Waals surface area contributed by atoms with Crippen molar-refractivity contribution in [1.82, 2.24) is 4.57 Å². The summed E-state index contributed by atoms with van der Waals surface area (Å²) in [5.41, 5.74) is 2.21. The molecule has 0 atom stereocenters. The third-order valence-electron chi connectivity index (χ3n) is 3.10. The van der Waals surface area contributed by atoms with Gasteiger partial charge in [0.15, 0.2) is 5.58 Å². The summed E-state index contributed by atoms with van der Waals surface area (Å²) in [5, 5.41) is 8.61. The van der Waals surface area contributed by atoms with Gasteiger partial charge >= 0.3 is 11.7 Å². The number of hydrogen-bond donors (Lipinski definition) is 1. The van der Waals surface area contributed by atoms with E-state index in [0.717, 1.165) is 11.2 Å². The van der Waals surface area contributed by atoms with Crippen LogP contribution in [0.15, 0.2) is 27.4 Å². The Morgan fingerprint density at radius 3 is 2.89 bits per heavy atom. The number of carboxylic acid groups (broad SMARTS) is 1. The van der Waals surface area contributed by atoms with Crippen LogP contribution in [0.2, 0.25) is 0 Å². The van der Waals surface area contributed by atoms with Gasteiger partial charge in [-0.1, -0.05) is 0 Å². The van der Waals surface area contributed by atoms with Crippen LogP contribution in [0.1, 0.15) is 12.8 Å². The first kappa shape index (κ1) is 13.2. The van der Waals surface area contributed by atoms with E-state index in [1.807, 2.05) is 24.1 Å². The van der Waals surface area contributed by atoms with Gasteiger partial charge in [0.25, 0.3) is 0 Å². The number of nitrogens with zero attached hydrogens (tertiary/aromatic N) is 2. The van der Waals surface area contributed by atoms with Crippen LogP contribution < -0.4 is 10.7 Å². The Labute approximate surface area is 109 Å². The van der Waals surface area contributed by atoms with Gasteiger partial charge in [-0.15, -0.1) is 0 Å². The second kappa shape index (κ2) is 5.17. The van der Waals surface area contributed by atoms with Crippen molar-refractivity contribution in [3.05, 3.63) is 28.7 Å². The smallest absolute Gasteiger partial charge is 0.419 e. The van der Waals surface area contributed by atoms with E-state index in [2.05, 4.69) is 0 Å². The summed E-state index contributed by atoms with van der Waals surface area (Å²) in [6.07, 6.45) is 0.727. The summed E-state index contributed by atoms with van der Waals surface area (Å²) < 4.78 is 6.51. The molecule has 0 bridgehead atoms. The molecule has 19 heavy (non-hydrogen) atoms. The van der Waals surface area contributed by atoms with Gasteiger partial charge in [0, 0.05) is 32.7 Å². The van der Waals surface area contributed by atoms with E-state index < -0.39 is 5.97 Å². The zero-order chi connectivity index (χ0) is 14.0. The van der Waals surface area contributed by atoms with Gasteiger partial charge in [-0.05, 0) is 24.6 Å². The number of hydrogen-bond acceptors (Lipinski definition) is 4. The Bertz CT molecular complexity index is 656. The minimum Gasteiger partial charge on any atom is -0.481 e. The van der Waals surface area contributed by atoms with E-state index in [1.165, 1.54) is 4.57 Å². The Morgan fingerprint density at radius 2 is 2.21 bits per heavy atom. The van der Waals surface area contributed by atoms with Crippen LogP contribution >= 0.6 is 0 Å². The Kier molecular flexibility index (Phi) is 3.59. The fourth-order valence-electron chi connectivity index (χ4n) is 1.95. The van der Waals surface area contributed by atoms with Crippen molar-refractivity contribution in [3.63, 3.8) is 0 Å². The lowest BCUT2D eigenvalue weighted by atomic mass is 10.2. The minimum absolute atomic E-state index is 0.150. The highest BCUT2D eigenvalue weighted by Crippen LogP contribution is 2.20. The van der Waals surface area contributed by atoms with E-state index in [1.54, 1.807) is 13.1 Å². The summed E-state index contributed by atoms with van der Waals surface area (Å²) in [7, 11) is 3.55. The van der Waals surface area contributed by atoms with Gasteiger partial charge in [-0.3, -0.25) is 9.36 Å². The number of oxazole rings is 1. The molecule has 1 aromatic carbocycles. The van der Waals surface area contributed by atoms with E-state index in [9.17, 15) is 9.59 Å². The third-order valence-corrected chi connectivity index (χ3v) is 3.10. The highest BCUT2D eigenvalue weighted by Gasteiger charge is 2.09. The maximum atomic E-state index is 11.4. The lowest BCUT2D eigenvalue weighted by Crippen LogP contribution is -2.19. The number of aromatic nitrogens is 1. The molecule has 0 saturated heterocycles. The van der Waals surface area contributed by atoms with Crippen LogP contribution in [0.4, 0.5) is 5.69 Å². The lowest BCUT2D eigenvalue weighted by molar-refractivity contribution is -0.137. The molecule has 0 aliphatic heterocycles. The highest BCUT2D eigenvalue weighted by molar-refractivity contribution is 5.77. The minimum atomic E-state index is -0.791. The standard InChI is InChI=1S/C13H16N2O4/c1-14(7-3-4-12(16)17)9-5-6-11-10(8-9)15(2)13(18)19-11/h5-6,8H,3-4,7H2,1-2H3,(H,16,17). The zero-order valence-electron chi connectivity index (χ0n) is 10.9. The maximum absolute atomic E-state index is 11.4. The number of anilines is 1. The molecule has 0 saturated carbocycles. The third kappa shape index (κ3) is 2.78. The van der Waals surface area contributed by atoms with Crippen LogP contribution in [0.25, 0.3) is 11.1 Å². The largest absolute Gasteiger partial charge is 0.481 e. The van der Waals surface area contributed by atoms with Crippen molar-refractivity contribution >= 4 is 22.8 Å². The average molecular weight is 264 g/mol. The normalized spacial score (nSPS) is 10.8. The molecule has 0 amide bonds. The molecule has 0 aliphatic carbocycles. The SMILES string of the molecule is CN(CCCC(=O)O)c1ccc2oc(=O)n(C)c2c1. The summed E-state index contributed by atoms with van der Waals surface area (Å²) in [4.78, 5) is 23.8. The van der Waals surface area contributed by atoms with Gasteiger partial charge < -0.3 is 14.4 Å². The monoisotopic (exact) mass is 264 g/mol. The number of carbonyl (C=O) groups is 1. The predicted octanol–water partition coefficient (Wildman–Crippen LogP) is 1.43. The van der Waals surface area contributed by atoms with Crippen molar-refractivity contribution in [2.75, 3.05) is 18.5 Å². The molecule has 0 spiro atoms. The quantitative estimate of drug-likeness (QED) is 0.884. The summed E-state index contributed by atoms with van der Waals surface area (Å²) >= 11 is 0. The van der Waals surface area contributed by atoms with Crippen LogP contribution in [-0.4, -0.2) is 29.2 Å². The van der Waals surface area contributed by atoms with E-state index in [4.69, 9.17) is 9.52 Å². The van der Waals surface area contributed by atoms with E-state index >= 15 is 0 Å². The van der Waals surface area contributed by atoms with Crippen molar-refractivity contribution in [3.8, 4) is 0 Å². The molecule has 1 N–H and O–H groups in total. The molecule has 0 fully saturated rings. The summed E-state index contributed by atoms with van der Waals surface area (Å²) in [6.45, 7) is 0.642. The number of fused-ring (bicyclic) bond motifs is 1. The molecular formula is C13H16N2O4. The van der Waals surface area contributed by atoms with Crippen LogP contribution in [-0.2, 0) is 11.8 Å². The molecule has 0 unspecified atom stereocenters. The van der Waals surface area contributed by atoms with Crippen molar-refractivity contribution in [2.24, 2.45) is 7.05 Å². The van der Waals surface area contributed by atoms with Gasteiger partial charge in [0.2, 0.25) is 0 Å². The molecule has 102 valence electrons. The molecule has 0 aliphatic rings. The zero-order valence-corrected chi connectivity index (χ0v) is 10.9. The predicted molar refractivity (Wildman–Crippen MR) is 71.6 cm³/mol. The number of rotatable bonds is 5.